The highest BCUT2D eigenvalue weighted by Gasteiger charge is 2.29. The Labute approximate surface area is 99.5 Å². The molecule has 0 amide bonds. The van der Waals surface area contributed by atoms with Crippen LogP contribution in [0.2, 0.25) is 0 Å². The Hall–Kier alpha value is -0.890. The highest BCUT2D eigenvalue weighted by atomic mass is 14.9. The molecule has 0 spiro atoms. The zero-order valence-electron chi connectivity index (χ0n) is 11.1. The van der Waals surface area contributed by atoms with Crippen molar-refractivity contribution in [3.8, 4) is 0 Å². The van der Waals surface area contributed by atoms with Crippen LogP contribution in [0.15, 0.2) is 24.5 Å². The molecule has 0 radical (unpaired) electrons. The minimum Gasteiger partial charge on any atom is -0.313 e. The van der Waals surface area contributed by atoms with E-state index in [4.69, 9.17) is 0 Å². The lowest BCUT2D eigenvalue weighted by Gasteiger charge is -2.36. The number of hydrogen-bond donors (Lipinski definition) is 1. The Kier molecular flexibility index (Phi) is 4.48. The molecule has 2 nitrogen and oxygen atoms in total. The molecule has 0 saturated heterocycles. The van der Waals surface area contributed by atoms with E-state index in [2.05, 4.69) is 57.1 Å². The van der Waals surface area contributed by atoms with E-state index in [9.17, 15) is 0 Å². The van der Waals surface area contributed by atoms with Gasteiger partial charge in [0.2, 0.25) is 0 Å². The number of rotatable bonds is 4. The van der Waals surface area contributed by atoms with Gasteiger partial charge in [-0.25, -0.2) is 0 Å². The summed E-state index contributed by atoms with van der Waals surface area (Å²) in [5.74, 6) is 0.503. The van der Waals surface area contributed by atoms with Gasteiger partial charge in [-0.15, -0.1) is 0 Å². The zero-order valence-corrected chi connectivity index (χ0v) is 11.1. The largest absolute Gasteiger partial charge is 0.313 e. The number of nitrogens with zero attached hydrogens (tertiary/aromatic N) is 1. The first-order valence-corrected chi connectivity index (χ1v) is 6.10. The third kappa shape index (κ3) is 3.31. The summed E-state index contributed by atoms with van der Waals surface area (Å²) in [6.45, 7) is 12.3. The smallest absolute Gasteiger partial charge is 0.0270 e. The van der Waals surface area contributed by atoms with Crippen LogP contribution >= 0.6 is 0 Å². The summed E-state index contributed by atoms with van der Waals surface area (Å²) in [6.07, 6.45) is 3.75. The van der Waals surface area contributed by atoms with Gasteiger partial charge in [-0.3, -0.25) is 4.98 Å². The third-order valence-electron chi connectivity index (χ3n) is 3.09. The maximum atomic E-state index is 4.07. The minimum absolute atomic E-state index is 0.263. The lowest BCUT2D eigenvalue weighted by molar-refractivity contribution is 0.241. The highest BCUT2D eigenvalue weighted by Crippen LogP contribution is 2.31. The van der Waals surface area contributed by atoms with E-state index in [0.717, 1.165) is 6.54 Å². The first-order valence-electron chi connectivity index (χ1n) is 6.10. The number of likely N-dealkylation sites (N-methyl/N-ethyl adjacent to an activating group) is 1. The summed E-state index contributed by atoms with van der Waals surface area (Å²) in [5.41, 5.74) is 1.62. The summed E-state index contributed by atoms with van der Waals surface area (Å²) < 4.78 is 0. The molecule has 1 heterocycles. The predicted molar refractivity (Wildman–Crippen MR) is 69.6 cm³/mol. The Morgan fingerprint density at radius 3 is 2.25 bits per heavy atom. The molecule has 0 aliphatic heterocycles. The van der Waals surface area contributed by atoms with Gasteiger partial charge in [0, 0.05) is 18.4 Å². The van der Waals surface area contributed by atoms with Gasteiger partial charge in [-0.05, 0) is 35.6 Å². The Morgan fingerprint density at radius 2 is 1.81 bits per heavy atom. The van der Waals surface area contributed by atoms with E-state index < -0.39 is 0 Å². The third-order valence-corrected chi connectivity index (χ3v) is 3.09. The van der Waals surface area contributed by atoms with Crippen molar-refractivity contribution in [1.29, 1.82) is 0 Å². The minimum atomic E-state index is 0.263. The van der Waals surface area contributed by atoms with Gasteiger partial charge in [0.05, 0.1) is 0 Å². The van der Waals surface area contributed by atoms with Crippen LogP contribution in [0.5, 0.6) is 0 Å². The summed E-state index contributed by atoms with van der Waals surface area (Å²) >= 11 is 0. The molecule has 0 aliphatic carbocycles. The normalized spacial score (nSPS) is 15.8. The standard InChI is InChI=1S/C14H24N2/c1-6-16-13(14(3,4)5)11(2)12-7-9-15-10-8-12/h7-11,13,16H,6H2,1-5H3. The molecule has 16 heavy (non-hydrogen) atoms. The number of nitrogens with one attached hydrogen (secondary N) is 1. The quantitative estimate of drug-likeness (QED) is 0.843. The summed E-state index contributed by atoms with van der Waals surface area (Å²) in [6, 6.07) is 4.71. The molecule has 0 fully saturated rings. The molecular weight excluding hydrogens is 196 g/mol. The van der Waals surface area contributed by atoms with Crippen molar-refractivity contribution in [2.24, 2.45) is 5.41 Å². The van der Waals surface area contributed by atoms with Crippen molar-refractivity contribution in [2.45, 2.75) is 46.6 Å². The lowest BCUT2D eigenvalue weighted by Crippen LogP contribution is -2.43. The van der Waals surface area contributed by atoms with Crippen molar-refractivity contribution >= 4 is 0 Å². The lowest BCUT2D eigenvalue weighted by atomic mass is 9.77. The average molecular weight is 220 g/mol. The van der Waals surface area contributed by atoms with E-state index in [0.29, 0.717) is 12.0 Å². The van der Waals surface area contributed by atoms with Crippen LogP contribution in [-0.4, -0.2) is 17.6 Å². The molecule has 0 bridgehead atoms. The maximum absolute atomic E-state index is 4.07. The molecule has 2 heteroatoms. The molecule has 0 aromatic carbocycles. The Bertz CT molecular complexity index is 300. The molecule has 2 unspecified atom stereocenters. The van der Waals surface area contributed by atoms with Crippen LogP contribution in [0, 0.1) is 5.41 Å². The fraction of sp³-hybridized carbons (Fsp3) is 0.643. The number of aromatic nitrogens is 1. The van der Waals surface area contributed by atoms with Crippen molar-refractivity contribution in [3.05, 3.63) is 30.1 Å². The molecule has 0 saturated carbocycles. The molecule has 1 aromatic rings. The van der Waals surface area contributed by atoms with Crippen LogP contribution in [0.1, 0.15) is 46.1 Å². The fourth-order valence-corrected chi connectivity index (χ4v) is 2.31. The van der Waals surface area contributed by atoms with Crippen LogP contribution in [0.4, 0.5) is 0 Å². The number of pyridine rings is 1. The van der Waals surface area contributed by atoms with E-state index >= 15 is 0 Å². The van der Waals surface area contributed by atoms with Gasteiger partial charge >= 0.3 is 0 Å². The molecule has 1 aromatic heterocycles. The predicted octanol–water partition coefficient (Wildman–Crippen LogP) is 3.21. The molecule has 1 N–H and O–H groups in total. The molecule has 90 valence electrons. The summed E-state index contributed by atoms with van der Waals surface area (Å²) in [7, 11) is 0. The second kappa shape index (κ2) is 5.44. The van der Waals surface area contributed by atoms with E-state index in [1.165, 1.54) is 5.56 Å². The topological polar surface area (TPSA) is 24.9 Å². The Balaban J connectivity index is 2.87. The average Bonchev–Trinajstić information content (AvgIpc) is 2.25. The van der Waals surface area contributed by atoms with Gasteiger partial charge in [0.15, 0.2) is 0 Å². The van der Waals surface area contributed by atoms with E-state index in [1.54, 1.807) is 0 Å². The molecule has 0 aliphatic rings. The second-order valence-electron chi connectivity index (χ2n) is 5.47. The highest BCUT2D eigenvalue weighted by molar-refractivity contribution is 5.18. The maximum Gasteiger partial charge on any atom is 0.0270 e. The van der Waals surface area contributed by atoms with Gasteiger partial charge in [0.25, 0.3) is 0 Å². The summed E-state index contributed by atoms with van der Waals surface area (Å²) in [4.78, 5) is 4.07. The Morgan fingerprint density at radius 1 is 1.25 bits per heavy atom. The van der Waals surface area contributed by atoms with E-state index in [-0.39, 0.29) is 5.41 Å². The SMILES string of the molecule is CCNC(C(C)c1ccncc1)C(C)(C)C. The van der Waals surface area contributed by atoms with Gasteiger partial charge in [0.1, 0.15) is 0 Å². The van der Waals surface area contributed by atoms with Crippen LogP contribution in [0.3, 0.4) is 0 Å². The molecule has 1 rings (SSSR count). The van der Waals surface area contributed by atoms with Gasteiger partial charge in [-0.2, -0.15) is 0 Å². The van der Waals surface area contributed by atoms with Crippen molar-refractivity contribution in [1.82, 2.24) is 10.3 Å². The second-order valence-corrected chi connectivity index (χ2v) is 5.47. The van der Waals surface area contributed by atoms with E-state index in [1.807, 2.05) is 12.4 Å². The molecular formula is C14H24N2. The summed E-state index contributed by atoms with van der Waals surface area (Å²) in [5, 5.41) is 3.60. The first kappa shape index (κ1) is 13.2. The number of hydrogen-bond acceptors (Lipinski definition) is 2. The van der Waals surface area contributed by atoms with Crippen molar-refractivity contribution < 1.29 is 0 Å². The van der Waals surface area contributed by atoms with Crippen LogP contribution in [-0.2, 0) is 0 Å². The van der Waals surface area contributed by atoms with Crippen molar-refractivity contribution in [2.75, 3.05) is 6.54 Å². The first-order chi connectivity index (χ1) is 7.46. The van der Waals surface area contributed by atoms with Crippen LogP contribution < -0.4 is 5.32 Å². The van der Waals surface area contributed by atoms with Crippen LogP contribution in [0.25, 0.3) is 0 Å². The van der Waals surface area contributed by atoms with Gasteiger partial charge in [-0.1, -0.05) is 34.6 Å². The monoisotopic (exact) mass is 220 g/mol. The zero-order chi connectivity index (χ0) is 12.2. The fourth-order valence-electron chi connectivity index (χ4n) is 2.31. The van der Waals surface area contributed by atoms with Gasteiger partial charge < -0.3 is 5.32 Å². The van der Waals surface area contributed by atoms with Crippen molar-refractivity contribution in [3.63, 3.8) is 0 Å². The molecule has 2 atom stereocenters.